The standard InChI is InChI=1S/C17H23NO3/c19-16(21-15-10-11-18-12-15)17(20,14-8-4-5-9-14)13-6-2-1-3-7-13/h1-3,6-7,14-15,18,20H,4-5,8-12H2/t15-,17?/m1/s1. The minimum atomic E-state index is -1.50. The fourth-order valence-electron chi connectivity index (χ4n) is 3.53. The Bertz CT molecular complexity index is 478. The van der Waals surface area contributed by atoms with Gasteiger partial charge in [-0.1, -0.05) is 43.2 Å². The van der Waals surface area contributed by atoms with E-state index < -0.39 is 11.6 Å². The van der Waals surface area contributed by atoms with E-state index in [2.05, 4.69) is 5.32 Å². The van der Waals surface area contributed by atoms with Crippen LogP contribution < -0.4 is 5.32 Å². The van der Waals surface area contributed by atoms with Crippen LogP contribution in [0.5, 0.6) is 0 Å². The molecule has 1 unspecified atom stereocenters. The van der Waals surface area contributed by atoms with Crippen molar-refractivity contribution in [3.05, 3.63) is 35.9 Å². The van der Waals surface area contributed by atoms with Gasteiger partial charge < -0.3 is 15.2 Å². The van der Waals surface area contributed by atoms with E-state index in [-0.39, 0.29) is 12.0 Å². The molecule has 1 saturated heterocycles. The van der Waals surface area contributed by atoms with Crippen molar-refractivity contribution in [3.8, 4) is 0 Å². The highest BCUT2D eigenvalue weighted by Crippen LogP contribution is 2.41. The van der Waals surface area contributed by atoms with Crippen molar-refractivity contribution in [1.82, 2.24) is 5.32 Å². The van der Waals surface area contributed by atoms with Crippen molar-refractivity contribution in [2.45, 2.75) is 43.8 Å². The highest BCUT2D eigenvalue weighted by atomic mass is 16.6. The molecule has 3 rings (SSSR count). The summed E-state index contributed by atoms with van der Waals surface area (Å²) < 4.78 is 5.59. The van der Waals surface area contributed by atoms with Crippen LogP contribution in [0.3, 0.4) is 0 Å². The molecule has 4 nitrogen and oxygen atoms in total. The van der Waals surface area contributed by atoms with Gasteiger partial charge in [0.25, 0.3) is 0 Å². The van der Waals surface area contributed by atoms with Crippen LogP contribution in [-0.2, 0) is 15.1 Å². The first-order valence-electron chi connectivity index (χ1n) is 7.91. The third-order valence-corrected chi connectivity index (χ3v) is 4.76. The number of hydrogen-bond acceptors (Lipinski definition) is 4. The highest BCUT2D eigenvalue weighted by Gasteiger charge is 2.48. The van der Waals surface area contributed by atoms with Crippen LogP contribution in [0.1, 0.15) is 37.7 Å². The van der Waals surface area contributed by atoms with Crippen molar-refractivity contribution < 1.29 is 14.6 Å². The first kappa shape index (κ1) is 14.5. The van der Waals surface area contributed by atoms with Crippen molar-refractivity contribution in [1.29, 1.82) is 0 Å². The summed E-state index contributed by atoms with van der Waals surface area (Å²) in [6, 6.07) is 9.27. The Morgan fingerprint density at radius 3 is 2.52 bits per heavy atom. The SMILES string of the molecule is O=C(O[C@@H]1CCNC1)C(O)(c1ccccc1)C1CCCC1. The lowest BCUT2D eigenvalue weighted by Crippen LogP contribution is -2.45. The lowest BCUT2D eigenvalue weighted by Gasteiger charge is -2.33. The topological polar surface area (TPSA) is 58.6 Å². The fraction of sp³-hybridized carbons (Fsp3) is 0.588. The maximum Gasteiger partial charge on any atom is 0.343 e. The van der Waals surface area contributed by atoms with E-state index >= 15 is 0 Å². The zero-order valence-electron chi connectivity index (χ0n) is 12.3. The molecule has 1 aliphatic heterocycles. The molecular weight excluding hydrogens is 266 g/mol. The van der Waals surface area contributed by atoms with Gasteiger partial charge in [-0.15, -0.1) is 0 Å². The van der Waals surface area contributed by atoms with Crippen LogP contribution in [0.15, 0.2) is 30.3 Å². The summed E-state index contributed by atoms with van der Waals surface area (Å²) in [6.45, 7) is 1.55. The molecule has 2 atom stereocenters. The van der Waals surface area contributed by atoms with Gasteiger partial charge in [-0.3, -0.25) is 0 Å². The number of aliphatic hydroxyl groups is 1. The predicted molar refractivity (Wildman–Crippen MR) is 79.7 cm³/mol. The molecule has 0 amide bonds. The number of nitrogens with one attached hydrogen (secondary N) is 1. The average molecular weight is 289 g/mol. The van der Waals surface area contributed by atoms with Gasteiger partial charge in [-0.25, -0.2) is 4.79 Å². The van der Waals surface area contributed by atoms with E-state index in [1.54, 1.807) is 0 Å². The van der Waals surface area contributed by atoms with Crippen LogP contribution >= 0.6 is 0 Å². The first-order valence-corrected chi connectivity index (χ1v) is 7.91. The molecule has 2 N–H and O–H groups in total. The van der Waals surface area contributed by atoms with E-state index in [4.69, 9.17) is 4.74 Å². The van der Waals surface area contributed by atoms with Crippen molar-refractivity contribution in [2.75, 3.05) is 13.1 Å². The molecule has 0 aromatic heterocycles. The zero-order chi connectivity index (χ0) is 14.7. The number of carbonyl (C=O) groups is 1. The smallest absolute Gasteiger partial charge is 0.343 e. The third kappa shape index (κ3) is 2.83. The predicted octanol–water partition coefficient (Wildman–Crippen LogP) is 1.97. The normalized spacial score (nSPS) is 25.7. The first-order chi connectivity index (χ1) is 10.2. The molecule has 1 saturated carbocycles. The summed E-state index contributed by atoms with van der Waals surface area (Å²) in [6.07, 6.45) is 4.60. The van der Waals surface area contributed by atoms with E-state index in [1.165, 1.54) is 0 Å². The molecule has 2 fully saturated rings. The summed E-state index contributed by atoms with van der Waals surface area (Å²) in [5.41, 5.74) is -0.840. The van der Waals surface area contributed by atoms with E-state index in [9.17, 15) is 9.90 Å². The Hall–Kier alpha value is -1.39. The van der Waals surface area contributed by atoms with Gasteiger partial charge in [0.2, 0.25) is 0 Å². The summed E-state index contributed by atoms with van der Waals surface area (Å²) in [4.78, 5) is 12.7. The van der Waals surface area contributed by atoms with E-state index in [0.29, 0.717) is 12.1 Å². The molecule has 21 heavy (non-hydrogen) atoms. The number of esters is 1. The molecule has 1 aromatic carbocycles. The van der Waals surface area contributed by atoms with Gasteiger partial charge >= 0.3 is 5.97 Å². The fourth-order valence-corrected chi connectivity index (χ4v) is 3.53. The molecule has 1 aromatic rings. The summed E-state index contributed by atoms with van der Waals surface area (Å²) in [7, 11) is 0. The minimum absolute atomic E-state index is 0.0400. The average Bonchev–Trinajstić information content (AvgIpc) is 3.20. The second-order valence-corrected chi connectivity index (χ2v) is 6.13. The summed E-state index contributed by atoms with van der Waals surface area (Å²) in [5, 5.41) is 14.4. The van der Waals surface area contributed by atoms with Gasteiger partial charge in [-0.05, 0) is 31.4 Å². The summed E-state index contributed by atoms with van der Waals surface area (Å²) >= 11 is 0. The van der Waals surface area contributed by atoms with E-state index in [0.717, 1.165) is 38.6 Å². The second kappa shape index (κ2) is 6.16. The molecular formula is C17H23NO3. The van der Waals surface area contributed by atoms with Crippen LogP contribution in [0.25, 0.3) is 0 Å². The Morgan fingerprint density at radius 2 is 1.90 bits per heavy atom. The van der Waals surface area contributed by atoms with Crippen LogP contribution in [0.2, 0.25) is 0 Å². The van der Waals surface area contributed by atoms with Gasteiger partial charge in [-0.2, -0.15) is 0 Å². The van der Waals surface area contributed by atoms with Gasteiger partial charge in [0.05, 0.1) is 0 Å². The van der Waals surface area contributed by atoms with Crippen molar-refractivity contribution in [3.63, 3.8) is 0 Å². The van der Waals surface area contributed by atoms with Gasteiger partial charge in [0, 0.05) is 12.5 Å². The summed E-state index contributed by atoms with van der Waals surface area (Å²) in [5.74, 6) is -0.518. The molecule has 0 spiro atoms. The monoisotopic (exact) mass is 289 g/mol. The Balaban J connectivity index is 1.86. The maximum atomic E-state index is 12.7. The molecule has 1 aliphatic carbocycles. The quantitative estimate of drug-likeness (QED) is 0.832. The highest BCUT2D eigenvalue weighted by molar-refractivity contribution is 5.81. The molecule has 1 heterocycles. The van der Waals surface area contributed by atoms with Crippen LogP contribution in [0, 0.1) is 5.92 Å². The molecule has 0 radical (unpaired) electrons. The number of hydrogen-bond donors (Lipinski definition) is 2. The minimum Gasteiger partial charge on any atom is -0.459 e. The Kier molecular flexibility index (Phi) is 4.27. The number of rotatable bonds is 4. The number of ether oxygens (including phenoxy) is 1. The van der Waals surface area contributed by atoms with Crippen molar-refractivity contribution >= 4 is 5.97 Å². The molecule has 4 heteroatoms. The lowest BCUT2D eigenvalue weighted by molar-refractivity contribution is -0.178. The Morgan fingerprint density at radius 1 is 1.19 bits per heavy atom. The lowest BCUT2D eigenvalue weighted by atomic mass is 9.80. The van der Waals surface area contributed by atoms with Gasteiger partial charge in [0.15, 0.2) is 5.60 Å². The zero-order valence-corrected chi connectivity index (χ0v) is 12.3. The number of carbonyl (C=O) groups excluding carboxylic acids is 1. The molecule has 2 aliphatic rings. The van der Waals surface area contributed by atoms with Gasteiger partial charge in [0.1, 0.15) is 6.10 Å². The van der Waals surface area contributed by atoms with Crippen LogP contribution in [0.4, 0.5) is 0 Å². The molecule has 0 bridgehead atoms. The maximum absolute atomic E-state index is 12.7. The van der Waals surface area contributed by atoms with Crippen molar-refractivity contribution in [2.24, 2.45) is 5.92 Å². The van der Waals surface area contributed by atoms with Crippen LogP contribution in [-0.4, -0.2) is 30.3 Å². The second-order valence-electron chi connectivity index (χ2n) is 6.13. The van der Waals surface area contributed by atoms with E-state index in [1.807, 2.05) is 30.3 Å². The molecule has 114 valence electrons. The largest absolute Gasteiger partial charge is 0.459 e. The third-order valence-electron chi connectivity index (χ3n) is 4.76. The number of benzene rings is 1. The Labute approximate surface area is 125 Å².